The highest BCUT2D eigenvalue weighted by molar-refractivity contribution is 5.79. The van der Waals surface area contributed by atoms with Crippen LogP contribution in [-0.4, -0.2) is 40.9 Å². The number of hydrogen-bond acceptors (Lipinski definition) is 8. The first kappa shape index (κ1) is 20.9. The van der Waals surface area contributed by atoms with Gasteiger partial charge in [-0.25, -0.2) is 9.59 Å². The minimum absolute atomic E-state index is 0.0798. The van der Waals surface area contributed by atoms with Gasteiger partial charge in [0.2, 0.25) is 6.10 Å². The maximum absolute atomic E-state index is 12.6. The molecule has 0 saturated heterocycles. The Morgan fingerprint density at radius 2 is 1.54 bits per heavy atom. The lowest BCUT2D eigenvalue weighted by Gasteiger charge is -2.18. The van der Waals surface area contributed by atoms with E-state index in [1.165, 1.54) is 34.9 Å². The Morgan fingerprint density at radius 1 is 0.893 bits per heavy atom. The Balaban J connectivity index is 2.21. The summed E-state index contributed by atoms with van der Waals surface area (Å²) in [6, 6.07) is 9.82. The van der Waals surface area contributed by atoms with Crippen molar-refractivity contribution in [2.75, 3.05) is 28.4 Å². The van der Waals surface area contributed by atoms with Crippen molar-refractivity contribution in [3.63, 3.8) is 0 Å². The molecule has 0 aromatic heterocycles. The molecule has 0 bridgehead atoms. The molecule has 8 nitrogen and oxygen atoms in total. The average Bonchev–Trinajstić information content (AvgIpc) is 2.75. The zero-order valence-corrected chi connectivity index (χ0v) is 16.0. The summed E-state index contributed by atoms with van der Waals surface area (Å²) < 4.78 is 30.9. The lowest BCUT2D eigenvalue weighted by atomic mass is 10.1. The molecular formula is C20H21O8. The van der Waals surface area contributed by atoms with Crippen molar-refractivity contribution in [1.82, 2.24) is 0 Å². The van der Waals surface area contributed by atoms with Crippen LogP contribution >= 0.6 is 0 Å². The molecule has 149 valence electrons. The van der Waals surface area contributed by atoms with Gasteiger partial charge in [0.15, 0.2) is 0 Å². The van der Waals surface area contributed by atoms with E-state index in [0.717, 1.165) is 0 Å². The predicted molar refractivity (Wildman–Crippen MR) is 98.4 cm³/mol. The molecule has 0 aliphatic heterocycles. The average molecular weight is 389 g/mol. The molecule has 28 heavy (non-hydrogen) atoms. The van der Waals surface area contributed by atoms with Crippen molar-refractivity contribution in [2.24, 2.45) is 0 Å². The molecule has 2 aromatic rings. The maximum atomic E-state index is 12.6. The summed E-state index contributed by atoms with van der Waals surface area (Å²) in [5, 5.41) is 0. The second kappa shape index (κ2) is 10.1. The quantitative estimate of drug-likeness (QED) is 0.573. The fraction of sp³-hybridized carbons (Fsp3) is 0.300. The van der Waals surface area contributed by atoms with Crippen molar-refractivity contribution in [3.05, 3.63) is 47.5 Å². The number of hydrogen-bond donors (Lipinski definition) is 0. The Labute approximate surface area is 162 Å². The normalized spacial score (nSPS) is 11.1. The van der Waals surface area contributed by atoms with E-state index in [2.05, 4.69) is 0 Å². The van der Waals surface area contributed by atoms with Crippen molar-refractivity contribution >= 4 is 12.4 Å². The van der Waals surface area contributed by atoms with Gasteiger partial charge in [-0.2, -0.15) is 0 Å². The minimum atomic E-state index is -1.34. The summed E-state index contributed by atoms with van der Waals surface area (Å²) >= 11 is 0. The number of methoxy groups -OCH3 is 4. The second-order valence-electron chi connectivity index (χ2n) is 5.52. The topological polar surface area (TPSA) is 89.5 Å². The molecule has 0 aliphatic rings. The molecule has 1 radical (unpaired) electrons. The van der Waals surface area contributed by atoms with Gasteiger partial charge in [-0.3, -0.25) is 0 Å². The molecule has 1 atom stereocenters. The number of carbonyl (C=O) groups excluding carboxylic acids is 2. The number of ether oxygens (including phenoxy) is 6. The molecule has 0 heterocycles. The van der Waals surface area contributed by atoms with Crippen LogP contribution in [0.1, 0.15) is 17.2 Å². The van der Waals surface area contributed by atoms with Crippen molar-refractivity contribution in [3.8, 4) is 23.0 Å². The zero-order chi connectivity index (χ0) is 20.5. The maximum Gasteiger partial charge on any atom is 0.418 e. The Bertz CT molecular complexity index is 796. The first-order chi connectivity index (χ1) is 13.6. The van der Waals surface area contributed by atoms with Gasteiger partial charge in [0.05, 0.1) is 28.4 Å². The fourth-order valence-corrected chi connectivity index (χ4v) is 2.50. The van der Waals surface area contributed by atoms with Crippen molar-refractivity contribution < 1.29 is 38.0 Å². The first-order valence-electron chi connectivity index (χ1n) is 8.19. The lowest BCUT2D eigenvalue weighted by molar-refractivity contribution is -0.154. The summed E-state index contributed by atoms with van der Waals surface area (Å²) in [6.45, 7) is 1.20. The lowest BCUT2D eigenvalue weighted by Crippen LogP contribution is -2.19. The van der Waals surface area contributed by atoms with Gasteiger partial charge >= 0.3 is 12.4 Å². The molecule has 0 fully saturated rings. The van der Waals surface area contributed by atoms with Gasteiger partial charge in [-0.05, 0) is 29.8 Å². The molecule has 8 heteroatoms. The van der Waals surface area contributed by atoms with E-state index in [9.17, 15) is 9.59 Å². The summed E-state index contributed by atoms with van der Waals surface area (Å²) in [5.41, 5.74) is 0.944. The van der Waals surface area contributed by atoms with Crippen LogP contribution in [0.2, 0.25) is 0 Å². The third-order valence-electron chi connectivity index (χ3n) is 3.90. The van der Waals surface area contributed by atoms with Crippen LogP contribution in [0.4, 0.5) is 0 Å². The molecule has 0 aliphatic carbocycles. The van der Waals surface area contributed by atoms with E-state index in [4.69, 9.17) is 28.4 Å². The van der Waals surface area contributed by atoms with Crippen LogP contribution in [0.25, 0.3) is 0 Å². The molecule has 2 rings (SSSR count). The van der Waals surface area contributed by atoms with Crippen LogP contribution in [-0.2, 0) is 25.7 Å². The molecule has 0 amide bonds. The van der Waals surface area contributed by atoms with E-state index < -0.39 is 12.1 Å². The van der Waals surface area contributed by atoms with Gasteiger partial charge in [0, 0.05) is 17.7 Å². The monoisotopic (exact) mass is 389 g/mol. The third kappa shape index (κ3) is 5.06. The molecule has 0 spiro atoms. The number of benzene rings is 2. The summed E-state index contributed by atoms with van der Waals surface area (Å²) in [6.07, 6.45) is -1.34. The van der Waals surface area contributed by atoms with E-state index in [0.29, 0.717) is 34.1 Å². The number of esters is 1. The second-order valence-corrected chi connectivity index (χ2v) is 5.52. The van der Waals surface area contributed by atoms with Gasteiger partial charge in [-0.1, -0.05) is 0 Å². The fourth-order valence-electron chi connectivity index (χ4n) is 2.50. The zero-order valence-electron chi connectivity index (χ0n) is 16.0. The molecule has 0 N–H and O–H groups in total. The molecule has 1 unspecified atom stereocenters. The standard InChI is InChI=1S/C20H21O8/c1-23-14-5-6-17(18(10-14)26-4)19(28-12-21)20(22)27-11-13-7-15(24-2)9-16(8-13)25-3/h5-10,19H,11H2,1-4H3. The highest BCUT2D eigenvalue weighted by Crippen LogP contribution is 2.32. The third-order valence-corrected chi connectivity index (χ3v) is 3.90. The van der Waals surface area contributed by atoms with E-state index in [-0.39, 0.29) is 6.61 Å². The van der Waals surface area contributed by atoms with Gasteiger partial charge < -0.3 is 28.4 Å². The number of rotatable bonds is 10. The van der Waals surface area contributed by atoms with Gasteiger partial charge in [0.1, 0.15) is 29.6 Å². The highest BCUT2D eigenvalue weighted by atomic mass is 16.6. The Kier molecular flexibility index (Phi) is 7.50. The Morgan fingerprint density at radius 3 is 2.07 bits per heavy atom. The summed E-state index contributed by atoms with van der Waals surface area (Å²) in [4.78, 5) is 23.4. The van der Waals surface area contributed by atoms with Gasteiger partial charge in [-0.15, -0.1) is 0 Å². The van der Waals surface area contributed by atoms with Crippen LogP contribution in [0.5, 0.6) is 23.0 Å². The van der Waals surface area contributed by atoms with Crippen molar-refractivity contribution in [1.29, 1.82) is 0 Å². The highest BCUT2D eigenvalue weighted by Gasteiger charge is 2.28. The van der Waals surface area contributed by atoms with E-state index in [1.807, 2.05) is 0 Å². The van der Waals surface area contributed by atoms with Crippen molar-refractivity contribution in [2.45, 2.75) is 12.7 Å². The summed E-state index contributed by atoms with van der Waals surface area (Å²) in [7, 11) is 5.96. The van der Waals surface area contributed by atoms with Gasteiger partial charge in [0.25, 0.3) is 0 Å². The SMILES string of the molecule is COc1cc(COC(=O)C(O[C]=O)c2ccc(OC)cc2OC)cc(OC)c1. The van der Waals surface area contributed by atoms with E-state index in [1.54, 1.807) is 36.4 Å². The molecule has 2 aromatic carbocycles. The van der Waals surface area contributed by atoms with Crippen LogP contribution in [0, 0.1) is 0 Å². The first-order valence-corrected chi connectivity index (χ1v) is 8.19. The smallest absolute Gasteiger partial charge is 0.418 e. The molecule has 0 saturated carbocycles. The summed E-state index contributed by atoms with van der Waals surface area (Å²) in [5.74, 6) is 1.15. The molecular weight excluding hydrogens is 368 g/mol. The Hall–Kier alpha value is -3.42. The van der Waals surface area contributed by atoms with Crippen LogP contribution in [0.3, 0.4) is 0 Å². The van der Waals surface area contributed by atoms with Crippen LogP contribution < -0.4 is 18.9 Å². The number of carbonyl (C=O) groups is 1. The predicted octanol–water partition coefficient (Wildman–Crippen LogP) is 2.59. The largest absolute Gasteiger partial charge is 0.497 e. The minimum Gasteiger partial charge on any atom is -0.497 e. The van der Waals surface area contributed by atoms with Crippen LogP contribution in [0.15, 0.2) is 36.4 Å². The van der Waals surface area contributed by atoms with E-state index >= 15 is 0 Å².